The minimum Gasteiger partial charge on any atom is -0.394 e. The van der Waals surface area contributed by atoms with Gasteiger partial charge in [0, 0.05) is 6.42 Å². The molecular weight excluding hydrogens is 1040 g/mol. The molecule has 484 valence electrons. The van der Waals surface area contributed by atoms with E-state index >= 15 is 0 Å². The van der Waals surface area contributed by atoms with Gasteiger partial charge in [0.2, 0.25) is 5.91 Å². The largest absolute Gasteiger partial charge is 0.394 e. The Morgan fingerprint density at radius 2 is 0.768 bits per heavy atom. The standard InChI is InChI=1S/C68H129NO13/c1-3-5-7-9-11-13-14-15-16-17-18-19-20-21-22-23-24-25-26-27-28-29-30-31-32-33-34-35-36-37-38-39-40-41-42-44-46-48-50-52-60(73)69-56(57(72)51-49-47-45-43-12-10-8-6-4-2)55-79-67-65(78)63(76)66(59(54-71)81-67)82-68-64(77)62(75)61(74)58(53-70)80-68/h17-18,49,51,56-59,61-68,70-72,74-78H,3-16,19-48,50,52-55H2,1-2H3,(H,69,73)/b18-17-,51-49+. The quantitative estimate of drug-likeness (QED) is 0.0204. The number of nitrogens with one attached hydrogen (secondary N) is 1. The number of aliphatic hydroxyl groups excluding tert-OH is 8. The van der Waals surface area contributed by atoms with Crippen LogP contribution in [0.3, 0.4) is 0 Å². The van der Waals surface area contributed by atoms with E-state index in [0.717, 1.165) is 38.5 Å². The van der Waals surface area contributed by atoms with Gasteiger partial charge < -0.3 is 65.1 Å². The third-order valence-electron chi connectivity index (χ3n) is 17.1. The molecule has 12 atom stereocenters. The summed E-state index contributed by atoms with van der Waals surface area (Å²) in [6.45, 7) is 2.78. The van der Waals surface area contributed by atoms with Gasteiger partial charge in [0.15, 0.2) is 12.6 Å². The Bertz CT molecular complexity index is 1470. The minimum atomic E-state index is -1.79. The number of hydrogen-bond acceptors (Lipinski definition) is 13. The van der Waals surface area contributed by atoms with Crippen molar-refractivity contribution in [2.75, 3.05) is 19.8 Å². The molecule has 0 saturated carbocycles. The van der Waals surface area contributed by atoms with Crippen LogP contribution in [0, 0.1) is 0 Å². The van der Waals surface area contributed by atoms with E-state index in [9.17, 15) is 45.6 Å². The number of unbranched alkanes of at least 4 members (excludes halogenated alkanes) is 42. The van der Waals surface area contributed by atoms with E-state index in [1.54, 1.807) is 6.08 Å². The predicted molar refractivity (Wildman–Crippen MR) is 332 cm³/mol. The normalized spacial score (nSPS) is 24.0. The summed E-state index contributed by atoms with van der Waals surface area (Å²) in [5.41, 5.74) is 0. The first kappa shape index (κ1) is 76.6. The first-order valence-electron chi connectivity index (χ1n) is 34.6. The van der Waals surface area contributed by atoms with Crippen molar-refractivity contribution in [2.24, 2.45) is 0 Å². The molecule has 2 rings (SSSR count). The van der Waals surface area contributed by atoms with Crippen molar-refractivity contribution in [3.05, 3.63) is 24.3 Å². The molecule has 14 heteroatoms. The van der Waals surface area contributed by atoms with Crippen LogP contribution in [-0.2, 0) is 23.7 Å². The van der Waals surface area contributed by atoms with Crippen LogP contribution in [0.4, 0.5) is 0 Å². The summed E-state index contributed by atoms with van der Waals surface area (Å²) in [5, 5.41) is 86.9. The summed E-state index contributed by atoms with van der Waals surface area (Å²) in [6, 6.07) is -0.909. The Balaban J connectivity index is 1.50. The fourth-order valence-corrected chi connectivity index (χ4v) is 11.6. The first-order valence-corrected chi connectivity index (χ1v) is 34.6. The second kappa shape index (κ2) is 53.7. The molecule has 82 heavy (non-hydrogen) atoms. The predicted octanol–water partition coefficient (Wildman–Crippen LogP) is 13.6. The molecule has 0 spiro atoms. The number of carbonyl (C=O) groups excluding carboxylic acids is 1. The van der Waals surface area contributed by atoms with E-state index in [1.807, 2.05) is 6.08 Å². The van der Waals surface area contributed by atoms with Gasteiger partial charge in [0.1, 0.15) is 48.8 Å². The molecule has 0 bridgehead atoms. The summed E-state index contributed by atoms with van der Waals surface area (Å²) in [4.78, 5) is 13.2. The summed E-state index contributed by atoms with van der Waals surface area (Å²) >= 11 is 0. The SMILES string of the molecule is CCCCCCCCC/C=C/C(O)C(COC1OC(CO)C(OC2OC(CO)C(O)C(O)C2O)C(O)C1O)NC(=O)CCCCCCCCCCCCCCCCCCCCCCCCCCCCC/C=C\CCCCCCCCCC. The number of rotatable bonds is 57. The van der Waals surface area contributed by atoms with E-state index in [0.29, 0.717) is 6.42 Å². The average molecular weight is 1170 g/mol. The number of ether oxygens (including phenoxy) is 4. The van der Waals surface area contributed by atoms with Crippen molar-refractivity contribution in [3.8, 4) is 0 Å². The number of hydrogen-bond donors (Lipinski definition) is 9. The maximum atomic E-state index is 13.2. The van der Waals surface area contributed by atoms with Crippen molar-refractivity contribution >= 4 is 5.91 Å². The smallest absolute Gasteiger partial charge is 0.220 e. The molecule has 2 fully saturated rings. The van der Waals surface area contributed by atoms with Crippen LogP contribution < -0.4 is 5.32 Å². The van der Waals surface area contributed by atoms with Gasteiger partial charge in [0.05, 0.1) is 32.0 Å². The van der Waals surface area contributed by atoms with Gasteiger partial charge >= 0.3 is 0 Å². The summed E-state index contributed by atoms with van der Waals surface area (Å²) in [6.07, 6.45) is 50.1. The summed E-state index contributed by atoms with van der Waals surface area (Å²) in [5.74, 6) is -0.236. The van der Waals surface area contributed by atoms with E-state index < -0.39 is 86.8 Å². The van der Waals surface area contributed by atoms with Crippen LogP contribution in [0.1, 0.15) is 309 Å². The van der Waals surface area contributed by atoms with Crippen LogP contribution in [-0.4, -0.2) is 140 Å². The molecule has 14 nitrogen and oxygen atoms in total. The van der Waals surface area contributed by atoms with Crippen LogP contribution in [0.5, 0.6) is 0 Å². The lowest BCUT2D eigenvalue weighted by Gasteiger charge is -2.46. The van der Waals surface area contributed by atoms with Gasteiger partial charge in [-0.15, -0.1) is 0 Å². The minimum absolute atomic E-state index is 0.236. The number of amides is 1. The van der Waals surface area contributed by atoms with Gasteiger partial charge in [-0.25, -0.2) is 0 Å². The zero-order valence-corrected chi connectivity index (χ0v) is 52.5. The van der Waals surface area contributed by atoms with Crippen molar-refractivity contribution in [2.45, 2.75) is 383 Å². The fourth-order valence-electron chi connectivity index (χ4n) is 11.6. The van der Waals surface area contributed by atoms with E-state index in [-0.39, 0.29) is 18.9 Å². The average Bonchev–Trinajstić information content (AvgIpc) is 3.24. The topological polar surface area (TPSA) is 228 Å². The van der Waals surface area contributed by atoms with E-state index in [2.05, 4.69) is 31.3 Å². The zero-order chi connectivity index (χ0) is 59.5. The molecule has 1 amide bonds. The van der Waals surface area contributed by atoms with Crippen molar-refractivity contribution in [3.63, 3.8) is 0 Å². The molecule has 9 N–H and O–H groups in total. The highest BCUT2D eigenvalue weighted by molar-refractivity contribution is 5.76. The highest BCUT2D eigenvalue weighted by Gasteiger charge is 2.51. The Kier molecular flexibility index (Phi) is 50.1. The molecule has 2 saturated heterocycles. The molecule has 0 aromatic carbocycles. The van der Waals surface area contributed by atoms with E-state index in [1.165, 1.54) is 244 Å². The van der Waals surface area contributed by atoms with Gasteiger partial charge in [-0.2, -0.15) is 0 Å². The Morgan fingerprint density at radius 1 is 0.427 bits per heavy atom. The van der Waals surface area contributed by atoms with Crippen molar-refractivity contribution in [1.82, 2.24) is 5.32 Å². The first-order chi connectivity index (χ1) is 40.1. The zero-order valence-electron chi connectivity index (χ0n) is 52.5. The second-order valence-electron chi connectivity index (χ2n) is 24.7. The van der Waals surface area contributed by atoms with E-state index in [4.69, 9.17) is 18.9 Å². The number of allylic oxidation sites excluding steroid dienone is 3. The van der Waals surface area contributed by atoms with Gasteiger partial charge in [-0.3, -0.25) is 4.79 Å². The van der Waals surface area contributed by atoms with Crippen molar-refractivity contribution < 1.29 is 64.6 Å². The molecule has 0 aliphatic carbocycles. The number of carbonyl (C=O) groups is 1. The summed E-state index contributed by atoms with van der Waals surface area (Å²) in [7, 11) is 0. The third-order valence-corrected chi connectivity index (χ3v) is 17.1. The highest BCUT2D eigenvalue weighted by Crippen LogP contribution is 2.30. The monoisotopic (exact) mass is 1170 g/mol. The third kappa shape index (κ3) is 37.9. The summed E-state index contributed by atoms with van der Waals surface area (Å²) < 4.78 is 22.7. The van der Waals surface area contributed by atoms with Gasteiger partial charge in [-0.05, 0) is 44.9 Å². The Morgan fingerprint density at radius 3 is 1.16 bits per heavy atom. The van der Waals surface area contributed by atoms with Crippen LogP contribution in [0.15, 0.2) is 24.3 Å². The molecule has 2 aliphatic heterocycles. The number of aliphatic hydroxyl groups is 8. The lowest BCUT2D eigenvalue weighted by molar-refractivity contribution is -0.359. The molecule has 12 unspecified atom stereocenters. The lowest BCUT2D eigenvalue weighted by atomic mass is 9.97. The Hall–Kier alpha value is -1.53. The lowest BCUT2D eigenvalue weighted by Crippen LogP contribution is -2.65. The molecule has 0 aromatic heterocycles. The highest BCUT2D eigenvalue weighted by atomic mass is 16.7. The fraction of sp³-hybridized carbons (Fsp3) is 0.926. The van der Waals surface area contributed by atoms with Crippen LogP contribution in [0.25, 0.3) is 0 Å². The van der Waals surface area contributed by atoms with Crippen LogP contribution >= 0.6 is 0 Å². The Labute approximate surface area is 500 Å². The van der Waals surface area contributed by atoms with Gasteiger partial charge in [0.25, 0.3) is 0 Å². The maximum Gasteiger partial charge on any atom is 0.220 e. The van der Waals surface area contributed by atoms with Gasteiger partial charge in [-0.1, -0.05) is 282 Å². The van der Waals surface area contributed by atoms with Crippen molar-refractivity contribution in [1.29, 1.82) is 0 Å². The molecular formula is C68H129NO13. The second-order valence-corrected chi connectivity index (χ2v) is 24.7. The maximum absolute atomic E-state index is 13.2. The molecule has 2 aliphatic rings. The van der Waals surface area contributed by atoms with Crippen LogP contribution in [0.2, 0.25) is 0 Å². The molecule has 0 aromatic rings. The molecule has 0 radical (unpaired) electrons. The molecule has 2 heterocycles.